The standard InChI is InChI=1S/C15H19NO3/c17-10-13-11-19-9-8-16(13)14(18)15(6-7-15)12-4-2-1-3-5-12/h1-5,13,17H,6-11H2. The van der Waals surface area contributed by atoms with Crippen molar-refractivity contribution in [1.82, 2.24) is 4.90 Å². The number of hydrogen-bond donors (Lipinski definition) is 1. The second-order valence-electron chi connectivity index (χ2n) is 5.36. The summed E-state index contributed by atoms with van der Waals surface area (Å²) in [4.78, 5) is 14.6. The number of morpholine rings is 1. The Hall–Kier alpha value is -1.39. The molecule has 0 radical (unpaired) electrons. The van der Waals surface area contributed by atoms with Gasteiger partial charge in [0.2, 0.25) is 5.91 Å². The van der Waals surface area contributed by atoms with Crippen LogP contribution in [0, 0.1) is 0 Å². The van der Waals surface area contributed by atoms with Crippen LogP contribution in [0.4, 0.5) is 0 Å². The number of nitrogens with zero attached hydrogens (tertiary/aromatic N) is 1. The van der Waals surface area contributed by atoms with Crippen LogP contribution in [0.3, 0.4) is 0 Å². The Bertz CT molecular complexity index is 456. The largest absolute Gasteiger partial charge is 0.394 e. The van der Waals surface area contributed by atoms with E-state index in [0.717, 1.165) is 18.4 Å². The van der Waals surface area contributed by atoms with Gasteiger partial charge in [-0.3, -0.25) is 4.79 Å². The van der Waals surface area contributed by atoms with E-state index in [1.165, 1.54) is 0 Å². The fraction of sp³-hybridized carbons (Fsp3) is 0.533. The predicted molar refractivity (Wildman–Crippen MR) is 70.8 cm³/mol. The van der Waals surface area contributed by atoms with E-state index in [1.807, 2.05) is 35.2 Å². The molecule has 1 aromatic rings. The van der Waals surface area contributed by atoms with E-state index in [1.54, 1.807) is 0 Å². The molecule has 4 heteroatoms. The summed E-state index contributed by atoms with van der Waals surface area (Å²) < 4.78 is 5.34. The Morgan fingerprint density at radius 1 is 1.37 bits per heavy atom. The maximum atomic E-state index is 12.8. The number of aliphatic hydroxyl groups is 1. The van der Waals surface area contributed by atoms with Crippen molar-refractivity contribution in [2.45, 2.75) is 24.3 Å². The number of amides is 1. The maximum Gasteiger partial charge on any atom is 0.233 e. The molecule has 1 heterocycles. The van der Waals surface area contributed by atoms with Crippen LogP contribution < -0.4 is 0 Å². The highest BCUT2D eigenvalue weighted by Gasteiger charge is 2.53. The lowest BCUT2D eigenvalue weighted by Gasteiger charge is -2.37. The van der Waals surface area contributed by atoms with Crippen LogP contribution >= 0.6 is 0 Å². The van der Waals surface area contributed by atoms with Gasteiger partial charge in [-0.1, -0.05) is 30.3 Å². The molecule has 2 aliphatic rings. The maximum absolute atomic E-state index is 12.8. The Morgan fingerprint density at radius 3 is 2.74 bits per heavy atom. The average Bonchev–Trinajstić information content (AvgIpc) is 3.29. The molecule has 1 aromatic carbocycles. The molecular formula is C15H19NO3. The first kappa shape index (κ1) is 12.6. The summed E-state index contributed by atoms with van der Waals surface area (Å²) in [6.07, 6.45) is 1.82. The molecule has 102 valence electrons. The third-order valence-electron chi connectivity index (χ3n) is 4.18. The summed E-state index contributed by atoms with van der Waals surface area (Å²) in [5.74, 6) is 0.154. The molecule has 1 amide bonds. The molecule has 0 bridgehead atoms. The molecule has 1 unspecified atom stereocenters. The number of rotatable bonds is 3. The summed E-state index contributed by atoms with van der Waals surface area (Å²) in [5.41, 5.74) is 0.759. The van der Waals surface area contributed by atoms with E-state index in [4.69, 9.17) is 4.74 Å². The summed E-state index contributed by atoms with van der Waals surface area (Å²) in [6.45, 7) is 1.55. The van der Waals surface area contributed by atoms with Crippen molar-refractivity contribution in [2.24, 2.45) is 0 Å². The molecule has 1 aliphatic carbocycles. The van der Waals surface area contributed by atoms with Crippen LogP contribution in [-0.2, 0) is 14.9 Å². The number of aliphatic hydroxyl groups excluding tert-OH is 1. The molecule has 3 rings (SSSR count). The minimum absolute atomic E-state index is 0.0311. The molecule has 2 fully saturated rings. The van der Waals surface area contributed by atoms with Gasteiger partial charge in [-0.15, -0.1) is 0 Å². The van der Waals surface area contributed by atoms with Crippen LogP contribution in [0.15, 0.2) is 30.3 Å². The fourth-order valence-corrected chi connectivity index (χ4v) is 2.86. The highest BCUT2D eigenvalue weighted by molar-refractivity contribution is 5.91. The van der Waals surface area contributed by atoms with Gasteiger partial charge in [-0.2, -0.15) is 0 Å². The lowest BCUT2D eigenvalue weighted by atomic mass is 9.93. The van der Waals surface area contributed by atoms with Crippen LogP contribution in [0.1, 0.15) is 18.4 Å². The number of hydrogen-bond acceptors (Lipinski definition) is 3. The van der Waals surface area contributed by atoms with E-state index in [9.17, 15) is 9.90 Å². The molecule has 19 heavy (non-hydrogen) atoms. The molecule has 1 saturated heterocycles. The highest BCUT2D eigenvalue weighted by atomic mass is 16.5. The van der Waals surface area contributed by atoms with Crippen LogP contribution in [-0.4, -0.2) is 48.3 Å². The van der Waals surface area contributed by atoms with E-state index in [2.05, 4.69) is 0 Å². The topological polar surface area (TPSA) is 49.8 Å². The van der Waals surface area contributed by atoms with E-state index >= 15 is 0 Å². The number of carbonyl (C=O) groups excluding carboxylic acids is 1. The first-order valence-electron chi connectivity index (χ1n) is 6.83. The normalized spacial score (nSPS) is 25.1. The van der Waals surface area contributed by atoms with Gasteiger partial charge in [-0.25, -0.2) is 0 Å². The summed E-state index contributed by atoms with van der Waals surface area (Å²) >= 11 is 0. The van der Waals surface area contributed by atoms with E-state index in [0.29, 0.717) is 19.8 Å². The van der Waals surface area contributed by atoms with Crippen molar-refractivity contribution in [2.75, 3.05) is 26.4 Å². The Labute approximate surface area is 113 Å². The molecular weight excluding hydrogens is 242 g/mol. The second-order valence-corrected chi connectivity index (χ2v) is 5.36. The van der Waals surface area contributed by atoms with Gasteiger partial charge < -0.3 is 14.7 Å². The van der Waals surface area contributed by atoms with Crippen molar-refractivity contribution in [3.8, 4) is 0 Å². The smallest absolute Gasteiger partial charge is 0.233 e. The van der Waals surface area contributed by atoms with Crippen LogP contribution in [0.5, 0.6) is 0 Å². The van der Waals surface area contributed by atoms with Crippen molar-refractivity contribution >= 4 is 5.91 Å². The lowest BCUT2D eigenvalue weighted by molar-refractivity contribution is -0.144. The SMILES string of the molecule is O=C(N1CCOCC1CO)C1(c2ccccc2)CC1. The van der Waals surface area contributed by atoms with Gasteiger partial charge in [0.1, 0.15) is 0 Å². The monoisotopic (exact) mass is 261 g/mol. The number of carbonyl (C=O) groups is 1. The molecule has 0 spiro atoms. The Balaban J connectivity index is 1.83. The predicted octanol–water partition coefficient (Wildman–Crippen LogP) is 0.938. The Morgan fingerprint density at radius 2 is 2.11 bits per heavy atom. The number of benzene rings is 1. The molecule has 1 N–H and O–H groups in total. The van der Waals surface area contributed by atoms with Crippen molar-refractivity contribution in [3.63, 3.8) is 0 Å². The average molecular weight is 261 g/mol. The van der Waals surface area contributed by atoms with Crippen molar-refractivity contribution in [1.29, 1.82) is 0 Å². The zero-order valence-electron chi connectivity index (χ0n) is 10.9. The zero-order chi connectivity index (χ0) is 13.3. The zero-order valence-corrected chi connectivity index (χ0v) is 10.9. The molecule has 1 atom stereocenters. The molecule has 4 nitrogen and oxygen atoms in total. The summed E-state index contributed by atoms with van der Waals surface area (Å²) in [5, 5.41) is 9.39. The third-order valence-corrected chi connectivity index (χ3v) is 4.18. The highest BCUT2D eigenvalue weighted by Crippen LogP contribution is 2.49. The van der Waals surface area contributed by atoms with Gasteiger partial charge in [0.05, 0.1) is 31.3 Å². The van der Waals surface area contributed by atoms with Gasteiger partial charge in [-0.05, 0) is 18.4 Å². The van der Waals surface area contributed by atoms with Crippen LogP contribution in [0.2, 0.25) is 0 Å². The minimum atomic E-state index is -0.341. The minimum Gasteiger partial charge on any atom is -0.394 e. The summed E-state index contributed by atoms with van der Waals surface area (Å²) in [7, 11) is 0. The number of ether oxygens (including phenoxy) is 1. The van der Waals surface area contributed by atoms with Gasteiger partial charge in [0.25, 0.3) is 0 Å². The van der Waals surface area contributed by atoms with Crippen LogP contribution in [0.25, 0.3) is 0 Å². The van der Waals surface area contributed by atoms with Crippen molar-refractivity contribution < 1.29 is 14.6 Å². The van der Waals surface area contributed by atoms with E-state index in [-0.39, 0.29) is 24.0 Å². The van der Waals surface area contributed by atoms with Gasteiger partial charge in [0.15, 0.2) is 0 Å². The fourth-order valence-electron chi connectivity index (χ4n) is 2.86. The third kappa shape index (κ3) is 2.15. The molecule has 1 aliphatic heterocycles. The Kier molecular flexibility index (Phi) is 3.29. The van der Waals surface area contributed by atoms with Crippen molar-refractivity contribution in [3.05, 3.63) is 35.9 Å². The first-order chi connectivity index (χ1) is 9.28. The first-order valence-corrected chi connectivity index (χ1v) is 6.83. The van der Waals surface area contributed by atoms with E-state index < -0.39 is 0 Å². The second kappa shape index (κ2) is 4.94. The molecule has 0 aromatic heterocycles. The lowest BCUT2D eigenvalue weighted by Crippen LogP contribution is -2.53. The van der Waals surface area contributed by atoms with Gasteiger partial charge in [0, 0.05) is 6.54 Å². The quantitative estimate of drug-likeness (QED) is 0.881. The molecule has 1 saturated carbocycles. The summed E-state index contributed by atoms with van der Waals surface area (Å²) in [6, 6.07) is 9.78. The van der Waals surface area contributed by atoms with Gasteiger partial charge >= 0.3 is 0 Å².